The van der Waals surface area contributed by atoms with Gasteiger partial charge in [0.2, 0.25) is 11.9 Å². The molecule has 4 heterocycles. The van der Waals surface area contributed by atoms with E-state index in [1.807, 2.05) is 0 Å². The molecule has 5 rings (SSSR count). The minimum atomic E-state index is 0.414. The quantitative estimate of drug-likeness (QED) is 0.821. The summed E-state index contributed by atoms with van der Waals surface area (Å²) >= 11 is 0. The smallest absolute Gasteiger partial charge is 0.225 e. The fourth-order valence-electron chi connectivity index (χ4n) is 6.35. The Morgan fingerprint density at radius 3 is 2.78 bits per heavy atom. The summed E-state index contributed by atoms with van der Waals surface area (Å²) in [6, 6.07) is 0.861. The van der Waals surface area contributed by atoms with Crippen molar-refractivity contribution in [3.8, 4) is 0 Å². The topological polar surface area (TPSA) is 49.3 Å². The second-order valence-electron chi connectivity index (χ2n) is 9.17. The molecule has 27 heavy (non-hydrogen) atoms. The van der Waals surface area contributed by atoms with Crippen molar-refractivity contribution in [1.29, 1.82) is 0 Å². The van der Waals surface area contributed by atoms with Gasteiger partial charge in [-0.1, -0.05) is 13.3 Å². The molecule has 146 valence electrons. The maximum atomic E-state index is 12.8. The molecule has 5 nitrogen and oxygen atoms in total. The zero-order valence-electron chi connectivity index (χ0n) is 16.8. The number of rotatable bonds is 3. The fourth-order valence-corrected chi connectivity index (χ4v) is 6.35. The zero-order chi connectivity index (χ0) is 18.5. The van der Waals surface area contributed by atoms with Crippen LogP contribution in [0.1, 0.15) is 68.8 Å². The number of piperidine rings is 3. The first-order valence-electron chi connectivity index (χ1n) is 11.1. The average Bonchev–Trinajstić information content (AvgIpc) is 3.14. The van der Waals surface area contributed by atoms with Crippen LogP contribution in [-0.2, 0) is 17.6 Å². The van der Waals surface area contributed by atoms with Crippen LogP contribution in [0.4, 0.5) is 5.95 Å². The number of hydrogen-bond acceptors (Lipinski definition) is 4. The number of fused-ring (bicyclic) bond motifs is 5. The number of carbonyl (C=O) groups is 1. The lowest BCUT2D eigenvalue weighted by molar-refractivity contribution is -0.149. The Hall–Kier alpha value is -1.65. The van der Waals surface area contributed by atoms with Crippen LogP contribution in [0.5, 0.6) is 0 Å². The van der Waals surface area contributed by atoms with Gasteiger partial charge in [0.25, 0.3) is 0 Å². The Labute approximate surface area is 162 Å². The molecule has 3 saturated heterocycles. The molecule has 1 aliphatic carbocycles. The molecule has 1 amide bonds. The Morgan fingerprint density at radius 1 is 1.07 bits per heavy atom. The summed E-state index contributed by atoms with van der Waals surface area (Å²) in [6.45, 7) is 6.43. The first-order valence-corrected chi connectivity index (χ1v) is 11.1. The van der Waals surface area contributed by atoms with Crippen LogP contribution in [0.15, 0.2) is 0 Å². The highest BCUT2D eigenvalue weighted by Gasteiger charge is 2.49. The van der Waals surface area contributed by atoms with Crippen molar-refractivity contribution >= 4 is 11.9 Å². The highest BCUT2D eigenvalue weighted by Crippen LogP contribution is 2.43. The lowest BCUT2D eigenvalue weighted by Crippen LogP contribution is -2.65. The molecule has 3 fully saturated rings. The predicted molar refractivity (Wildman–Crippen MR) is 106 cm³/mol. The summed E-state index contributed by atoms with van der Waals surface area (Å²) in [5.74, 6) is 2.52. The number of carbonyl (C=O) groups excluding carboxylic acids is 1. The molecule has 0 N–H and O–H groups in total. The summed E-state index contributed by atoms with van der Waals surface area (Å²) in [5.41, 5.74) is 3.86. The highest BCUT2D eigenvalue weighted by molar-refractivity contribution is 5.78. The van der Waals surface area contributed by atoms with Gasteiger partial charge in [-0.25, -0.2) is 9.97 Å². The third kappa shape index (κ3) is 2.85. The molecule has 5 heteroatoms. The minimum Gasteiger partial charge on any atom is -0.340 e. The molecule has 0 unspecified atom stereocenters. The van der Waals surface area contributed by atoms with Gasteiger partial charge in [-0.15, -0.1) is 0 Å². The first kappa shape index (κ1) is 17.4. The van der Waals surface area contributed by atoms with Crippen LogP contribution in [0.25, 0.3) is 0 Å². The molecule has 0 radical (unpaired) electrons. The van der Waals surface area contributed by atoms with Crippen LogP contribution in [0.2, 0.25) is 0 Å². The molecule has 4 aliphatic rings. The Morgan fingerprint density at radius 2 is 1.93 bits per heavy atom. The third-order valence-electron chi connectivity index (χ3n) is 7.49. The molecular formula is C22H32N4O. The molecule has 1 aromatic heterocycles. The van der Waals surface area contributed by atoms with Crippen LogP contribution in [0.3, 0.4) is 0 Å². The van der Waals surface area contributed by atoms with E-state index in [0.29, 0.717) is 29.8 Å². The summed E-state index contributed by atoms with van der Waals surface area (Å²) in [7, 11) is 0. The highest BCUT2D eigenvalue weighted by atomic mass is 16.2. The van der Waals surface area contributed by atoms with E-state index in [4.69, 9.17) is 9.97 Å². The maximum absolute atomic E-state index is 12.8. The zero-order valence-corrected chi connectivity index (χ0v) is 16.8. The number of aryl methyl sites for hydroxylation is 2. The van der Waals surface area contributed by atoms with Gasteiger partial charge in [-0.2, -0.15) is 0 Å². The molecule has 4 atom stereocenters. The van der Waals surface area contributed by atoms with Gasteiger partial charge in [0.05, 0.1) is 0 Å². The summed E-state index contributed by atoms with van der Waals surface area (Å²) in [4.78, 5) is 27.5. The van der Waals surface area contributed by atoms with Gasteiger partial charge in [0, 0.05) is 43.0 Å². The van der Waals surface area contributed by atoms with Crippen molar-refractivity contribution in [3.63, 3.8) is 0 Å². The van der Waals surface area contributed by atoms with Crippen LogP contribution in [-0.4, -0.2) is 45.9 Å². The lowest BCUT2D eigenvalue weighted by Gasteiger charge is -2.56. The Bertz CT molecular complexity index is 748. The molecule has 3 aliphatic heterocycles. The number of amides is 1. The van der Waals surface area contributed by atoms with Crippen LogP contribution < -0.4 is 4.90 Å². The monoisotopic (exact) mass is 368 g/mol. The maximum Gasteiger partial charge on any atom is 0.225 e. The molecule has 1 aromatic rings. The van der Waals surface area contributed by atoms with Crippen molar-refractivity contribution in [3.05, 3.63) is 17.0 Å². The standard InChI is InChI=1S/C22H32N4O/c1-3-6-19-15-11-16(20-9-5-10-21(27)26(19)20)13-25(12-15)22-23-14(2)17-7-4-8-18(17)24-22/h15-16,19-20H,3-13H2,1-2H3/t15-,16+,19-,20-/m0/s1. The second-order valence-corrected chi connectivity index (χ2v) is 9.17. The predicted octanol–water partition coefficient (Wildman–Crippen LogP) is 3.28. The normalized spacial score (nSPS) is 32.4. The van der Waals surface area contributed by atoms with Gasteiger partial charge in [0.15, 0.2) is 0 Å². The number of anilines is 1. The summed E-state index contributed by atoms with van der Waals surface area (Å²) in [6.07, 6.45) is 10.0. The van der Waals surface area contributed by atoms with E-state index >= 15 is 0 Å². The molecule has 2 bridgehead atoms. The van der Waals surface area contributed by atoms with Gasteiger partial charge >= 0.3 is 0 Å². The largest absolute Gasteiger partial charge is 0.340 e. The van der Waals surface area contributed by atoms with E-state index in [2.05, 4.69) is 23.6 Å². The Kier molecular flexibility index (Phi) is 4.36. The SMILES string of the molecule is CCC[C@H]1[C@H]2C[C@H](CN(c3nc(C)c4c(n3)CCC4)C2)[C@@H]2CCCC(=O)N21. The van der Waals surface area contributed by atoms with Gasteiger partial charge in [-0.05, 0) is 69.3 Å². The van der Waals surface area contributed by atoms with Crippen molar-refractivity contribution < 1.29 is 4.79 Å². The van der Waals surface area contributed by atoms with E-state index in [9.17, 15) is 4.79 Å². The van der Waals surface area contributed by atoms with Crippen LogP contribution in [0, 0.1) is 18.8 Å². The van der Waals surface area contributed by atoms with E-state index in [1.54, 1.807) is 0 Å². The van der Waals surface area contributed by atoms with Crippen molar-refractivity contribution in [1.82, 2.24) is 14.9 Å². The molecular weight excluding hydrogens is 336 g/mol. The van der Waals surface area contributed by atoms with Crippen molar-refractivity contribution in [2.24, 2.45) is 11.8 Å². The second kappa shape index (κ2) is 6.75. The number of aromatic nitrogens is 2. The molecule has 0 spiro atoms. The van der Waals surface area contributed by atoms with Gasteiger partial charge in [-0.3, -0.25) is 4.79 Å². The van der Waals surface area contributed by atoms with Crippen LogP contribution >= 0.6 is 0 Å². The first-order chi connectivity index (χ1) is 13.2. The lowest BCUT2D eigenvalue weighted by atomic mass is 9.71. The summed E-state index contributed by atoms with van der Waals surface area (Å²) < 4.78 is 0. The number of nitrogens with zero attached hydrogens (tertiary/aromatic N) is 4. The molecule has 0 aromatic carbocycles. The van der Waals surface area contributed by atoms with E-state index in [-0.39, 0.29) is 0 Å². The van der Waals surface area contributed by atoms with Crippen molar-refractivity contribution in [2.75, 3.05) is 18.0 Å². The van der Waals surface area contributed by atoms with Gasteiger partial charge < -0.3 is 9.80 Å². The van der Waals surface area contributed by atoms with E-state index in [1.165, 1.54) is 36.2 Å². The van der Waals surface area contributed by atoms with Gasteiger partial charge in [0.1, 0.15) is 0 Å². The minimum absolute atomic E-state index is 0.414. The van der Waals surface area contributed by atoms with E-state index < -0.39 is 0 Å². The van der Waals surface area contributed by atoms with E-state index in [0.717, 1.165) is 57.6 Å². The molecule has 0 saturated carbocycles. The summed E-state index contributed by atoms with van der Waals surface area (Å²) in [5, 5.41) is 0. The number of hydrogen-bond donors (Lipinski definition) is 0. The average molecular weight is 369 g/mol. The fraction of sp³-hybridized carbons (Fsp3) is 0.773. The third-order valence-corrected chi connectivity index (χ3v) is 7.49. The van der Waals surface area contributed by atoms with Crippen molar-refractivity contribution in [2.45, 2.75) is 83.7 Å². The Balaban J connectivity index is 1.46.